The molecule has 0 bridgehead atoms. The van der Waals surface area contributed by atoms with Crippen molar-refractivity contribution in [2.75, 3.05) is 5.75 Å². The number of thioether (sulfide) groups is 1. The zero-order chi connectivity index (χ0) is 16.4. The molecule has 0 saturated heterocycles. The number of carbonyl (C=O) groups excluding carboxylic acids is 1. The van der Waals surface area contributed by atoms with E-state index in [1.807, 2.05) is 54.9 Å². The molecular weight excluding hydrogens is 350 g/mol. The van der Waals surface area contributed by atoms with Gasteiger partial charge >= 0.3 is 0 Å². The molecule has 2 heterocycles. The lowest BCUT2D eigenvalue weighted by molar-refractivity contribution is 0.102. The second kappa shape index (κ2) is 6.86. The predicted molar refractivity (Wildman–Crippen MR) is 95.6 cm³/mol. The van der Waals surface area contributed by atoms with Crippen LogP contribution in [0.4, 0.5) is 0 Å². The second-order valence-corrected chi connectivity index (χ2v) is 7.60. The first kappa shape index (κ1) is 16.2. The van der Waals surface area contributed by atoms with Crippen molar-refractivity contribution in [1.29, 1.82) is 0 Å². The van der Waals surface area contributed by atoms with Crippen LogP contribution in [0.2, 0.25) is 5.02 Å². The molecule has 0 atom stereocenters. The number of aromatic nitrogens is 3. The van der Waals surface area contributed by atoms with Gasteiger partial charge in [0.1, 0.15) is 0 Å². The van der Waals surface area contributed by atoms with Crippen molar-refractivity contribution >= 4 is 40.5 Å². The van der Waals surface area contributed by atoms with E-state index in [4.69, 9.17) is 11.6 Å². The van der Waals surface area contributed by atoms with Crippen LogP contribution in [0.25, 0.3) is 11.4 Å². The molecule has 0 fully saturated rings. The Morgan fingerprint density at radius 1 is 1.26 bits per heavy atom. The van der Waals surface area contributed by atoms with E-state index in [-0.39, 0.29) is 5.78 Å². The average molecular weight is 364 g/mol. The maximum absolute atomic E-state index is 12.2. The third kappa shape index (κ3) is 3.49. The molecule has 0 amide bonds. The van der Waals surface area contributed by atoms with Gasteiger partial charge in [0.15, 0.2) is 16.8 Å². The fourth-order valence-corrected chi connectivity index (χ4v) is 4.01. The SMILES string of the molecule is Cc1ccc(C(=O)CSc2nnc(-c3ccccc3Cl)n2C)s1. The Morgan fingerprint density at radius 2 is 2.04 bits per heavy atom. The van der Waals surface area contributed by atoms with Crippen molar-refractivity contribution in [3.63, 3.8) is 0 Å². The molecule has 23 heavy (non-hydrogen) atoms. The van der Waals surface area contributed by atoms with Crippen molar-refractivity contribution in [2.45, 2.75) is 12.1 Å². The van der Waals surface area contributed by atoms with Gasteiger partial charge in [-0.2, -0.15) is 0 Å². The Hall–Kier alpha value is -1.63. The van der Waals surface area contributed by atoms with E-state index < -0.39 is 0 Å². The number of Topliss-reactive ketones (excluding diaryl/α,β-unsaturated/α-hetero) is 1. The van der Waals surface area contributed by atoms with Gasteiger partial charge < -0.3 is 4.57 Å². The summed E-state index contributed by atoms with van der Waals surface area (Å²) in [6.45, 7) is 1.99. The summed E-state index contributed by atoms with van der Waals surface area (Å²) >= 11 is 9.11. The van der Waals surface area contributed by atoms with E-state index in [0.29, 0.717) is 21.8 Å². The van der Waals surface area contributed by atoms with Crippen LogP contribution in [0, 0.1) is 6.92 Å². The van der Waals surface area contributed by atoms with Crippen LogP contribution in [0.3, 0.4) is 0 Å². The molecule has 0 radical (unpaired) electrons. The molecular formula is C16H14ClN3OS2. The zero-order valence-corrected chi connectivity index (χ0v) is 15.0. The van der Waals surface area contributed by atoms with E-state index in [1.165, 1.54) is 23.1 Å². The minimum atomic E-state index is 0.107. The molecule has 4 nitrogen and oxygen atoms in total. The predicted octanol–water partition coefficient (Wildman–Crippen LogP) is 4.48. The maximum Gasteiger partial charge on any atom is 0.191 e. The number of aryl methyl sites for hydroxylation is 1. The van der Waals surface area contributed by atoms with Crippen molar-refractivity contribution in [3.05, 3.63) is 51.2 Å². The highest BCUT2D eigenvalue weighted by Crippen LogP contribution is 2.28. The highest BCUT2D eigenvalue weighted by Gasteiger charge is 2.15. The third-order valence-corrected chi connectivity index (χ3v) is 5.69. The molecule has 0 N–H and O–H groups in total. The smallest absolute Gasteiger partial charge is 0.191 e. The number of halogens is 1. The maximum atomic E-state index is 12.2. The molecule has 0 aliphatic heterocycles. The van der Waals surface area contributed by atoms with Crippen LogP contribution in [0.15, 0.2) is 41.6 Å². The molecule has 2 aromatic heterocycles. The number of hydrogen-bond donors (Lipinski definition) is 0. The molecule has 3 rings (SSSR count). The van der Waals surface area contributed by atoms with E-state index in [9.17, 15) is 4.79 Å². The standard InChI is InChI=1S/C16H14ClN3OS2/c1-10-7-8-14(23-10)13(21)9-22-16-19-18-15(20(16)2)11-5-3-4-6-12(11)17/h3-8H,9H2,1-2H3. The van der Waals surface area contributed by atoms with E-state index >= 15 is 0 Å². The van der Waals surface area contributed by atoms with Gasteiger partial charge in [-0.25, -0.2) is 0 Å². The monoisotopic (exact) mass is 363 g/mol. The number of nitrogens with zero attached hydrogens (tertiary/aromatic N) is 3. The van der Waals surface area contributed by atoms with Crippen molar-refractivity contribution in [3.8, 4) is 11.4 Å². The Balaban J connectivity index is 1.75. The molecule has 0 aliphatic carbocycles. The number of carbonyl (C=O) groups is 1. The van der Waals surface area contributed by atoms with E-state index in [2.05, 4.69) is 10.2 Å². The van der Waals surface area contributed by atoms with Crippen LogP contribution in [-0.4, -0.2) is 26.3 Å². The van der Waals surface area contributed by atoms with Gasteiger partial charge in [-0.3, -0.25) is 4.79 Å². The normalized spacial score (nSPS) is 10.9. The number of benzene rings is 1. The molecule has 3 aromatic rings. The van der Waals surface area contributed by atoms with Crippen molar-refractivity contribution in [2.24, 2.45) is 7.05 Å². The number of thiophene rings is 1. The summed E-state index contributed by atoms with van der Waals surface area (Å²) < 4.78 is 1.86. The third-order valence-electron chi connectivity index (χ3n) is 3.30. The van der Waals surface area contributed by atoms with Gasteiger partial charge in [-0.15, -0.1) is 21.5 Å². The number of hydrogen-bond acceptors (Lipinski definition) is 5. The van der Waals surface area contributed by atoms with Gasteiger partial charge in [-0.05, 0) is 31.2 Å². The van der Waals surface area contributed by atoms with Gasteiger partial charge in [-0.1, -0.05) is 35.5 Å². The highest BCUT2D eigenvalue weighted by atomic mass is 35.5. The molecule has 118 valence electrons. The highest BCUT2D eigenvalue weighted by molar-refractivity contribution is 7.99. The Morgan fingerprint density at radius 3 is 2.74 bits per heavy atom. The van der Waals surface area contributed by atoms with E-state index in [0.717, 1.165) is 15.3 Å². The summed E-state index contributed by atoms with van der Waals surface area (Å²) in [5.74, 6) is 1.14. The van der Waals surface area contributed by atoms with Crippen molar-refractivity contribution < 1.29 is 4.79 Å². The summed E-state index contributed by atoms with van der Waals surface area (Å²) in [5.41, 5.74) is 0.830. The summed E-state index contributed by atoms with van der Waals surface area (Å²) in [5, 5.41) is 9.70. The fraction of sp³-hybridized carbons (Fsp3) is 0.188. The lowest BCUT2D eigenvalue weighted by Gasteiger charge is -2.04. The molecule has 0 spiro atoms. The van der Waals surface area contributed by atoms with Crippen LogP contribution in [-0.2, 0) is 7.05 Å². The first-order valence-corrected chi connectivity index (χ1v) is 9.11. The lowest BCUT2D eigenvalue weighted by atomic mass is 10.2. The molecule has 0 aliphatic rings. The average Bonchev–Trinajstić information content (AvgIpc) is 3.12. The molecule has 0 unspecified atom stereocenters. The first-order chi connectivity index (χ1) is 11.1. The molecule has 7 heteroatoms. The quantitative estimate of drug-likeness (QED) is 0.495. The van der Waals surface area contributed by atoms with Gasteiger partial charge in [0.2, 0.25) is 0 Å². The summed E-state index contributed by atoms with van der Waals surface area (Å²) in [6.07, 6.45) is 0. The summed E-state index contributed by atoms with van der Waals surface area (Å²) in [6, 6.07) is 11.3. The minimum Gasteiger partial charge on any atom is -0.305 e. The fourth-order valence-electron chi connectivity index (χ4n) is 2.10. The van der Waals surface area contributed by atoms with E-state index in [1.54, 1.807) is 0 Å². The summed E-state index contributed by atoms with van der Waals surface area (Å²) in [4.78, 5) is 14.1. The van der Waals surface area contributed by atoms with Crippen LogP contribution >= 0.6 is 34.7 Å². The van der Waals surface area contributed by atoms with Crippen LogP contribution < -0.4 is 0 Å². The lowest BCUT2D eigenvalue weighted by Crippen LogP contribution is -2.02. The van der Waals surface area contributed by atoms with Crippen molar-refractivity contribution in [1.82, 2.24) is 14.8 Å². The van der Waals surface area contributed by atoms with Crippen LogP contribution in [0.5, 0.6) is 0 Å². The zero-order valence-electron chi connectivity index (χ0n) is 12.6. The summed E-state index contributed by atoms with van der Waals surface area (Å²) in [7, 11) is 1.88. The minimum absolute atomic E-state index is 0.107. The Labute approximate surface area is 147 Å². The Kier molecular flexibility index (Phi) is 4.84. The number of ketones is 1. The van der Waals surface area contributed by atoms with Crippen LogP contribution in [0.1, 0.15) is 14.5 Å². The van der Waals surface area contributed by atoms with Gasteiger partial charge in [0.25, 0.3) is 0 Å². The second-order valence-electron chi connectivity index (χ2n) is 4.97. The topological polar surface area (TPSA) is 47.8 Å². The Bertz CT molecular complexity index is 857. The number of rotatable bonds is 5. The van der Waals surface area contributed by atoms with Gasteiger partial charge in [0.05, 0.1) is 15.7 Å². The largest absolute Gasteiger partial charge is 0.305 e. The first-order valence-electron chi connectivity index (χ1n) is 6.93. The molecule has 1 aromatic carbocycles. The van der Waals surface area contributed by atoms with Gasteiger partial charge in [0, 0.05) is 17.5 Å². The molecule has 0 saturated carbocycles.